The Morgan fingerprint density at radius 1 is 0.614 bits per heavy atom. The summed E-state index contributed by atoms with van der Waals surface area (Å²) in [6.07, 6.45) is 9.05. The predicted octanol–water partition coefficient (Wildman–Crippen LogP) is 5.62. The van der Waals surface area contributed by atoms with Crippen LogP contribution in [0.5, 0.6) is 11.5 Å². The highest BCUT2D eigenvalue weighted by Crippen LogP contribution is 2.25. The summed E-state index contributed by atoms with van der Waals surface area (Å²) in [6.45, 7) is 7.86. The number of aromatic hydroxyl groups is 2. The van der Waals surface area contributed by atoms with E-state index in [2.05, 4.69) is 35.6 Å². The molecule has 0 bridgehead atoms. The molecule has 4 amide bonds. The van der Waals surface area contributed by atoms with E-state index in [9.17, 15) is 29.4 Å². The van der Waals surface area contributed by atoms with Gasteiger partial charge in [0.05, 0.1) is 11.1 Å². The van der Waals surface area contributed by atoms with Crippen molar-refractivity contribution in [2.75, 3.05) is 0 Å². The molecule has 2 rings (SSSR count). The number of phenolic OH excluding ortho intramolecular Hbond substituents is 2. The van der Waals surface area contributed by atoms with Crippen LogP contribution in [0, 0.1) is 11.8 Å². The van der Waals surface area contributed by atoms with E-state index in [-0.39, 0.29) is 46.3 Å². The third-order valence-corrected chi connectivity index (χ3v) is 7.82. The van der Waals surface area contributed by atoms with Crippen LogP contribution < -0.4 is 21.7 Å². The number of carbonyl (C=O) groups is 4. The molecule has 242 valence electrons. The predicted molar refractivity (Wildman–Crippen MR) is 171 cm³/mol. The normalized spacial score (nSPS) is 12.2. The summed E-state index contributed by atoms with van der Waals surface area (Å²) in [5.41, 5.74) is 11.4. The van der Waals surface area contributed by atoms with Gasteiger partial charge in [0.2, 0.25) is 11.8 Å². The van der Waals surface area contributed by atoms with Gasteiger partial charge in [0.25, 0.3) is 11.8 Å². The molecule has 0 saturated heterocycles. The largest absolute Gasteiger partial charge is 0.507 e. The van der Waals surface area contributed by atoms with Gasteiger partial charge in [-0.1, -0.05) is 84.1 Å². The van der Waals surface area contributed by atoms with Crippen molar-refractivity contribution in [1.82, 2.24) is 21.7 Å². The van der Waals surface area contributed by atoms with E-state index in [0.717, 1.165) is 32.1 Å². The van der Waals surface area contributed by atoms with Crippen molar-refractivity contribution >= 4 is 23.6 Å². The Morgan fingerprint density at radius 3 is 1.57 bits per heavy atom. The van der Waals surface area contributed by atoms with Crippen LogP contribution in [0.25, 0.3) is 0 Å². The van der Waals surface area contributed by atoms with Gasteiger partial charge in [-0.2, -0.15) is 0 Å². The maximum Gasteiger partial charge on any atom is 0.273 e. The molecule has 6 N–H and O–H groups in total. The molecule has 0 aliphatic heterocycles. The van der Waals surface area contributed by atoms with E-state index in [1.165, 1.54) is 12.1 Å². The Hall–Kier alpha value is -4.08. The second-order valence-corrected chi connectivity index (χ2v) is 11.4. The van der Waals surface area contributed by atoms with Crippen molar-refractivity contribution < 1.29 is 29.4 Å². The van der Waals surface area contributed by atoms with Gasteiger partial charge < -0.3 is 10.2 Å². The molecule has 0 saturated carbocycles. The summed E-state index contributed by atoms with van der Waals surface area (Å²) in [5, 5.41) is 21.0. The summed E-state index contributed by atoms with van der Waals surface area (Å²) < 4.78 is 0. The molecule has 0 aromatic heterocycles. The van der Waals surface area contributed by atoms with Crippen LogP contribution in [0.1, 0.15) is 124 Å². The van der Waals surface area contributed by atoms with Crippen molar-refractivity contribution in [3.63, 3.8) is 0 Å². The van der Waals surface area contributed by atoms with Gasteiger partial charge in [-0.25, -0.2) is 0 Å². The first-order valence-electron chi connectivity index (χ1n) is 16.0. The molecular weight excluding hydrogens is 560 g/mol. The molecule has 44 heavy (non-hydrogen) atoms. The van der Waals surface area contributed by atoms with Gasteiger partial charge in [0.1, 0.15) is 11.5 Å². The number of nitrogens with one attached hydrogen (secondary N) is 4. The minimum atomic E-state index is -0.582. The number of unbranched alkanes of at least 4 members (excludes halogenated alkanes) is 3. The molecule has 0 heterocycles. The lowest BCUT2D eigenvalue weighted by Gasteiger charge is -2.18. The maximum atomic E-state index is 12.9. The highest BCUT2D eigenvalue weighted by molar-refractivity contribution is 5.99. The highest BCUT2D eigenvalue weighted by atomic mass is 16.3. The number of rotatable bonds is 17. The second-order valence-electron chi connectivity index (χ2n) is 11.4. The lowest BCUT2D eigenvalue weighted by Crippen LogP contribution is -2.44. The quantitative estimate of drug-likeness (QED) is 0.101. The fourth-order valence-corrected chi connectivity index (χ4v) is 5.01. The smallest absolute Gasteiger partial charge is 0.273 e. The zero-order chi connectivity index (χ0) is 32.5. The minimum Gasteiger partial charge on any atom is -0.507 e. The Kier molecular flexibility index (Phi) is 15.8. The Bertz CT molecular complexity index is 1250. The van der Waals surface area contributed by atoms with Gasteiger partial charge in [0.15, 0.2) is 0 Å². The molecule has 0 aliphatic rings. The van der Waals surface area contributed by atoms with Gasteiger partial charge in [-0.15, -0.1) is 0 Å². The first-order valence-corrected chi connectivity index (χ1v) is 16.0. The van der Waals surface area contributed by atoms with Crippen LogP contribution in [0.3, 0.4) is 0 Å². The maximum absolute atomic E-state index is 12.9. The van der Waals surface area contributed by atoms with Gasteiger partial charge in [-0.05, 0) is 68.2 Å². The fraction of sp³-hybridized carbons (Fsp3) is 0.529. The molecule has 2 aromatic rings. The third kappa shape index (κ3) is 11.2. The molecular formula is C34H50N4O6. The van der Waals surface area contributed by atoms with E-state index >= 15 is 0 Å². The summed E-state index contributed by atoms with van der Waals surface area (Å²) in [7, 11) is 0. The lowest BCUT2D eigenvalue weighted by atomic mass is 9.94. The van der Waals surface area contributed by atoms with Crippen molar-refractivity contribution in [2.24, 2.45) is 11.8 Å². The number of para-hydroxylation sites is 2. The number of hydrogen-bond acceptors (Lipinski definition) is 6. The summed E-state index contributed by atoms with van der Waals surface area (Å²) in [4.78, 5) is 50.6. The number of carbonyl (C=O) groups excluding carboxylic acids is 4. The zero-order valence-corrected chi connectivity index (χ0v) is 26.6. The Labute approximate surface area is 261 Å². The number of phenols is 2. The average molecular weight is 611 g/mol. The minimum absolute atomic E-state index is 0.0645. The van der Waals surface area contributed by atoms with Crippen LogP contribution in [-0.4, -0.2) is 33.8 Å². The van der Waals surface area contributed by atoms with Crippen LogP contribution in [-0.2, 0) is 22.4 Å². The number of benzene rings is 2. The van der Waals surface area contributed by atoms with Crippen LogP contribution in [0.2, 0.25) is 0 Å². The van der Waals surface area contributed by atoms with Crippen LogP contribution in [0.15, 0.2) is 36.4 Å². The fourth-order valence-electron chi connectivity index (χ4n) is 5.01. The molecule has 0 radical (unpaired) electrons. The number of aryl methyl sites for hydroxylation is 2. The van der Waals surface area contributed by atoms with Crippen molar-refractivity contribution in [3.05, 3.63) is 58.7 Å². The molecule has 0 fully saturated rings. The second kappa shape index (κ2) is 19.2. The van der Waals surface area contributed by atoms with Crippen LogP contribution >= 0.6 is 0 Å². The van der Waals surface area contributed by atoms with Crippen LogP contribution in [0.4, 0.5) is 0 Å². The first kappa shape index (κ1) is 36.1. The van der Waals surface area contributed by atoms with E-state index in [1.54, 1.807) is 31.2 Å². The molecule has 10 heteroatoms. The number of amides is 4. The Balaban J connectivity index is 1.78. The molecule has 2 unspecified atom stereocenters. The molecule has 2 aromatic carbocycles. The lowest BCUT2D eigenvalue weighted by molar-refractivity contribution is -0.127. The topological polar surface area (TPSA) is 157 Å². The molecule has 2 atom stereocenters. The Morgan fingerprint density at radius 2 is 1.09 bits per heavy atom. The summed E-state index contributed by atoms with van der Waals surface area (Å²) in [6, 6.07) is 10.0. The standard InChI is InChI=1S/C34H50N4O6/c1-5-8-16-24-19-12-21-27(29(24)39)33(43)37-35-31(41)23(4)15-10-11-18-26(14-7-3)32(42)36-38-34(44)28-22-13-20-25(30(28)40)17-9-6-2/h12-13,19-23,26,39-40H,5-11,14-18H2,1-4H3,(H,35,41)(H,36,42)(H,37,43)(H,38,44). The van der Waals surface area contributed by atoms with E-state index in [1.807, 2.05) is 6.92 Å². The SMILES string of the molecule is CCCCc1cccc(C(=O)NNC(=O)C(C)CCCCC(CCC)C(=O)NNC(=O)c2cccc(CCCC)c2O)c1O. The first-order chi connectivity index (χ1) is 21.1. The van der Waals surface area contributed by atoms with Gasteiger partial charge in [0, 0.05) is 11.8 Å². The van der Waals surface area contributed by atoms with E-state index < -0.39 is 11.8 Å². The van der Waals surface area contributed by atoms with Crippen molar-refractivity contribution in [1.29, 1.82) is 0 Å². The number of hydrazine groups is 2. The summed E-state index contributed by atoms with van der Waals surface area (Å²) >= 11 is 0. The number of hydrogen-bond donors (Lipinski definition) is 6. The van der Waals surface area contributed by atoms with E-state index in [0.29, 0.717) is 56.1 Å². The van der Waals surface area contributed by atoms with Gasteiger partial charge in [-0.3, -0.25) is 40.9 Å². The molecule has 10 nitrogen and oxygen atoms in total. The van der Waals surface area contributed by atoms with Crippen molar-refractivity contribution in [3.8, 4) is 11.5 Å². The average Bonchev–Trinajstić information content (AvgIpc) is 3.02. The monoisotopic (exact) mass is 610 g/mol. The third-order valence-electron chi connectivity index (χ3n) is 7.82. The van der Waals surface area contributed by atoms with E-state index in [4.69, 9.17) is 0 Å². The highest BCUT2D eigenvalue weighted by Gasteiger charge is 2.21. The summed E-state index contributed by atoms with van der Waals surface area (Å²) in [5.74, 6) is -2.61. The molecule has 0 aliphatic carbocycles. The zero-order valence-electron chi connectivity index (χ0n) is 26.6. The van der Waals surface area contributed by atoms with Crippen molar-refractivity contribution in [2.45, 2.75) is 105 Å². The molecule has 0 spiro atoms. The van der Waals surface area contributed by atoms with Gasteiger partial charge >= 0.3 is 0 Å².